The van der Waals surface area contributed by atoms with Gasteiger partial charge in [-0.3, -0.25) is 0 Å². The van der Waals surface area contributed by atoms with E-state index < -0.39 is 5.97 Å². The number of ether oxygens (including phenoxy) is 4. The minimum Gasteiger partial charge on any atom is -0.497 e. The molecule has 0 spiro atoms. The Morgan fingerprint density at radius 3 is 1.72 bits per heavy atom. The molecule has 0 bridgehead atoms. The fraction of sp³-hybridized carbons (Fsp3) is 0.250. The summed E-state index contributed by atoms with van der Waals surface area (Å²) in [7, 11) is 3.32. The second kappa shape index (κ2) is 13.9. The molecule has 0 atom stereocenters. The molecule has 0 fully saturated rings. The van der Waals surface area contributed by atoms with Gasteiger partial charge in [0.25, 0.3) is 0 Å². The summed E-state index contributed by atoms with van der Waals surface area (Å²) < 4.78 is 21.6. The molecule has 5 rings (SSSR count). The van der Waals surface area contributed by atoms with E-state index >= 15 is 0 Å². The number of methoxy groups -OCH3 is 2. The maximum Gasteiger partial charge on any atom is 0.330 e. The number of rotatable bonds is 13. The Labute approximate surface area is 271 Å². The number of hydrogen-bond donors (Lipinski definition) is 0. The Hall–Kier alpha value is -5.10. The lowest BCUT2D eigenvalue weighted by Gasteiger charge is -2.23. The molecule has 0 aromatic heterocycles. The fourth-order valence-corrected chi connectivity index (χ4v) is 6.09. The third-order valence-electron chi connectivity index (χ3n) is 8.57. The summed E-state index contributed by atoms with van der Waals surface area (Å²) in [6, 6.07) is 25.6. The van der Waals surface area contributed by atoms with Gasteiger partial charge in [-0.05, 0) is 117 Å². The van der Waals surface area contributed by atoms with Gasteiger partial charge in [-0.2, -0.15) is 0 Å². The summed E-state index contributed by atoms with van der Waals surface area (Å²) in [6.07, 6.45) is 4.87. The van der Waals surface area contributed by atoms with E-state index in [1.54, 1.807) is 14.2 Å². The van der Waals surface area contributed by atoms with Crippen LogP contribution in [0.5, 0.6) is 11.5 Å². The van der Waals surface area contributed by atoms with E-state index in [1.165, 1.54) is 33.9 Å². The molecule has 4 aromatic rings. The molecule has 0 aliphatic heterocycles. The van der Waals surface area contributed by atoms with Crippen LogP contribution in [0.25, 0.3) is 33.4 Å². The van der Waals surface area contributed by atoms with Gasteiger partial charge in [0.2, 0.25) is 0 Å². The Balaban J connectivity index is 1.42. The van der Waals surface area contributed by atoms with Gasteiger partial charge in [0, 0.05) is 17.6 Å². The predicted molar refractivity (Wildman–Crippen MR) is 182 cm³/mol. The normalized spacial score (nSPS) is 12.4. The van der Waals surface area contributed by atoms with Crippen LogP contribution in [0, 0.1) is 0 Å². The molecular weight excluding hydrogens is 576 g/mol. The summed E-state index contributed by atoms with van der Waals surface area (Å²) in [5.74, 6) is 0.660. The molecule has 0 radical (unpaired) electrons. The number of unbranched alkanes of at least 4 members (excludes halogenated alkanes) is 1. The van der Waals surface area contributed by atoms with Crippen LogP contribution in [-0.2, 0) is 37.5 Å². The zero-order valence-corrected chi connectivity index (χ0v) is 27.0. The SMILES string of the molecule is C=CC(=O)OCCCCc1cc(OC)cc(-c2ccc3c(c2)C(C)(C)c2cc(-c4cc(COC(=O)C=C)cc(OC)c4)ccc2-3)c1. The highest BCUT2D eigenvalue weighted by Crippen LogP contribution is 2.51. The maximum absolute atomic E-state index is 11.7. The van der Waals surface area contributed by atoms with Crippen LogP contribution < -0.4 is 9.47 Å². The van der Waals surface area contributed by atoms with Gasteiger partial charge < -0.3 is 18.9 Å². The molecular formula is C40H40O6. The van der Waals surface area contributed by atoms with Crippen molar-refractivity contribution in [3.05, 3.63) is 120 Å². The lowest BCUT2D eigenvalue weighted by Crippen LogP contribution is -2.15. The molecule has 46 heavy (non-hydrogen) atoms. The van der Waals surface area contributed by atoms with Crippen LogP contribution in [0.4, 0.5) is 0 Å². The van der Waals surface area contributed by atoms with Crippen LogP contribution in [0.3, 0.4) is 0 Å². The number of benzene rings is 4. The van der Waals surface area contributed by atoms with Crippen molar-refractivity contribution in [2.24, 2.45) is 0 Å². The highest BCUT2D eigenvalue weighted by Gasteiger charge is 2.36. The maximum atomic E-state index is 11.7. The van der Waals surface area contributed by atoms with Gasteiger partial charge in [-0.25, -0.2) is 9.59 Å². The molecule has 0 saturated heterocycles. The van der Waals surface area contributed by atoms with Gasteiger partial charge >= 0.3 is 11.9 Å². The van der Waals surface area contributed by atoms with Crippen LogP contribution in [0.2, 0.25) is 0 Å². The number of esters is 2. The fourth-order valence-electron chi connectivity index (χ4n) is 6.09. The summed E-state index contributed by atoms with van der Waals surface area (Å²) in [6.45, 7) is 12.0. The Bertz CT molecular complexity index is 1800. The zero-order chi connectivity index (χ0) is 32.8. The van der Waals surface area contributed by atoms with Crippen LogP contribution in [0.15, 0.2) is 98.1 Å². The smallest absolute Gasteiger partial charge is 0.330 e. The summed E-state index contributed by atoms with van der Waals surface area (Å²) in [4.78, 5) is 23.0. The highest BCUT2D eigenvalue weighted by atomic mass is 16.5. The summed E-state index contributed by atoms with van der Waals surface area (Å²) in [5.41, 5.74) is 11.0. The first-order chi connectivity index (χ1) is 22.2. The third-order valence-corrected chi connectivity index (χ3v) is 8.57. The number of hydrogen-bond acceptors (Lipinski definition) is 6. The average Bonchev–Trinajstić information content (AvgIpc) is 3.31. The second-order valence-electron chi connectivity index (χ2n) is 11.9. The predicted octanol–water partition coefficient (Wildman–Crippen LogP) is 8.63. The number of aryl methyl sites for hydroxylation is 1. The molecule has 0 heterocycles. The van der Waals surface area contributed by atoms with Gasteiger partial charge in [-0.1, -0.05) is 57.3 Å². The molecule has 6 heteroatoms. The standard InChI is InChI=1S/C40H40O6/c1-7-38(41)45-16-10-9-11-26-17-30(21-32(19-26)43-5)28-12-14-34-35-15-13-29(24-37(35)40(3,4)36(34)23-28)31-18-27(20-33(22-31)44-6)25-46-39(42)8-2/h7-8,12-15,17-24H,1-2,9-11,16,25H2,3-6H3. The molecule has 6 nitrogen and oxygen atoms in total. The molecule has 4 aromatic carbocycles. The van der Waals surface area contributed by atoms with Crippen molar-refractivity contribution in [3.63, 3.8) is 0 Å². The van der Waals surface area contributed by atoms with Crippen LogP contribution in [0.1, 0.15) is 48.9 Å². The van der Waals surface area contributed by atoms with Crippen molar-refractivity contribution in [3.8, 4) is 44.9 Å². The van der Waals surface area contributed by atoms with E-state index in [0.29, 0.717) is 12.4 Å². The van der Waals surface area contributed by atoms with E-state index in [2.05, 4.69) is 81.6 Å². The minimum atomic E-state index is -0.463. The summed E-state index contributed by atoms with van der Waals surface area (Å²) >= 11 is 0. The molecule has 0 saturated carbocycles. The second-order valence-corrected chi connectivity index (χ2v) is 11.9. The van der Waals surface area contributed by atoms with E-state index in [-0.39, 0.29) is 18.0 Å². The van der Waals surface area contributed by atoms with Gasteiger partial charge in [0.05, 0.1) is 20.8 Å². The van der Waals surface area contributed by atoms with Crippen molar-refractivity contribution < 1.29 is 28.5 Å². The largest absolute Gasteiger partial charge is 0.497 e. The van der Waals surface area contributed by atoms with Crippen molar-refractivity contribution in [1.82, 2.24) is 0 Å². The zero-order valence-electron chi connectivity index (χ0n) is 27.0. The first kappa shape index (κ1) is 32.3. The first-order valence-electron chi connectivity index (χ1n) is 15.4. The molecule has 0 N–H and O–H groups in total. The topological polar surface area (TPSA) is 71.1 Å². The molecule has 1 aliphatic carbocycles. The van der Waals surface area contributed by atoms with E-state index in [0.717, 1.165) is 58.9 Å². The van der Waals surface area contributed by atoms with Crippen molar-refractivity contribution in [1.29, 1.82) is 0 Å². The number of carbonyl (C=O) groups is 2. The third kappa shape index (κ3) is 6.91. The highest BCUT2D eigenvalue weighted by molar-refractivity contribution is 5.86. The molecule has 0 amide bonds. The van der Waals surface area contributed by atoms with Gasteiger partial charge in [-0.15, -0.1) is 0 Å². The van der Waals surface area contributed by atoms with Crippen molar-refractivity contribution >= 4 is 11.9 Å². The van der Waals surface area contributed by atoms with Gasteiger partial charge in [0.1, 0.15) is 18.1 Å². The first-order valence-corrected chi connectivity index (χ1v) is 15.4. The number of carbonyl (C=O) groups excluding carboxylic acids is 2. The lowest BCUT2D eigenvalue weighted by molar-refractivity contribution is -0.139. The summed E-state index contributed by atoms with van der Waals surface area (Å²) in [5, 5.41) is 0. The molecule has 236 valence electrons. The Kier molecular flexibility index (Phi) is 9.76. The number of fused-ring (bicyclic) bond motifs is 3. The van der Waals surface area contributed by atoms with E-state index in [1.807, 2.05) is 18.2 Å². The Morgan fingerprint density at radius 2 is 1.17 bits per heavy atom. The van der Waals surface area contributed by atoms with E-state index in [4.69, 9.17) is 18.9 Å². The quantitative estimate of drug-likeness (QED) is 0.0851. The lowest BCUT2D eigenvalue weighted by atomic mass is 9.80. The molecule has 1 aliphatic rings. The monoisotopic (exact) mass is 616 g/mol. The average molecular weight is 617 g/mol. The minimum absolute atomic E-state index is 0.136. The van der Waals surface area contributed by atoms with Crippen molar-refractivity contribution in [2.75, 3.05) is 20.8 Å². The van der Waals surface area contributed by atoms with E-state index in [9.17, 15) is 9.59 Å². The van der Waals surface area contributed by atoms with Crippen LogP contribution in [-0.4, -0.2) is 32.8 Å². The van der Waals surface area contributed by atoms with Crippen molar-refractivity contribution in [2.45, 2.75) is 45.1 Å². The van der Waals surface area contributed by atoms with Gasteiger partial charge in [0.15, 0.2) is 0 Å². The van der Waals surface area contributed by atoms with Crippen LogP contribution >= 0.6 is 0 Å². The molecule has 0 unspecified atom stereocenters. The Morgan fingerprint density at radius 1 is 0.652 bits per heavy atom.